The summed E-state index contributed by atoms with van der Waals surface area (Å²) in [6, 6.07) is 8.04. The molecule has 0 aliphatic rings. The fourth-order valence-corrected chi connectivity index (χ4v) is 3.12. The lowest BCUT2D eigenvalue weighted by atomic mass is 10.1. The first-order valence-electron chi connectivity index (χ1n) is 7.88. The van der Waals surface area contributed by atoms with Crippen LogP contribution in [0, 0.1) is 35.7 Å². The number of carbonyl (C=O) groups is 1. The van der Waals surface area contributed by atoms with Crippen LogP contribution in [0.4, 0.5) is 5.69 Å². The summed E-state index contributed by atoms with van der Waals surface area (Å²) in [4.78, 5) is 12.2. The summed E-state index contributed by atoms with van der Waals surface area (Å²) in [7, 11) is 0. The normalized spacial score (nSPS) is 10.5. The van der Waals surface area contributed by atoms with Crippen molar-refractivity contribution in [3.63, 3.8) is 0 Å². The fraction of sp³-hybridized carbons (Fsp3) is 0.389. The molecule has 1 N–H and O–H groups in total. The topological polar surface area (TPSA) is 70.7 Å². The monoisotopic (exact) mass is 436 g/mol. The molecule has 0 fully saturated rings. The molecule has 126 valence electrons. The quantitative estimate of drug-likeness (QED) is 0.699. The number of aryl methyl sites for hydroxylation is 3. The van der Waals surface area contributed by atoms with E-state index in [2.05, 4.69) is 39.1 Å². The van der Waals surface area contributed by atoms with Crippen LogP contribution >= 0.6 is 22.6 Å². The Morgan fingerprint density at radius 2 is 2.12 bits per heavy atom. The zero-order chi connectivity index (χ0) is 17.7. The third-order valence-corrected chi connectivity index (χ3v) is 5.19. The minimum absolute atomic E-state index is 0.00164. The third kappa shape index (κ3) is 4.57. The predicted molar refractivity (Wildman–Crippen MR) is 103 cm³/mol. The molecule has 0 radical (unpaired) electrons. The van der Waals surface area contributed by atoms with Crippen LogP contribution in [0.2, 0.25) is 0 Å². The van der Waals surface area contributed by atoms with Gasteiger partial charge in [-0.1, -0.05) is 6.07 Å². The standard InChI is InChI=1S/C18H21IN4O/c1-12-5-6-15(11-17(12)19)21-18(24)8-7-16-13(2)22-23(14(16)3)10-4-9-20/h5-6,11H,4,7-8,10H2,1-3H3,(H,21,24). The van der Waals surface area contributed by atoms with Crippen molar-refractivity contribution in [1.29, 1.82) is 5.26 Å². The minimum atomic E-state index is -0.00164. The number of anilines is 1. The van der Waals surface area contributed by atoms with E-state index in [1.54, 1.807) is 0 Å². The van der Waals surface area contributed by atoms with Crippen LogP contribution in [0.25, 0.3) is 0 Å². The van der Waals surface area contributed by atoms with Crippen LogP contribution < -0.4 is 5.32 Å². The number of benzene rings is 1. The highest BCUT2D eigenvalue weighted by molar-refractivity contribution is 14.1. The van der Waals surface area contributed by atoms with Crippen LogP contribution in [0.15, 0.2) is 18.2 Å². The highest BCUT2D eigenvalue weighted by Gasteiger charge is 2.13. The van der Waals surface area contributed by atoms with Gasteiger partial charge in [0, 0.05) is 21.4 Å². The van der Waals surface area contributed by atoms with Gasteiger partial charge in [-0.05, 0) is 73.0 Å². The Morgan fingerprint density at radius 3 is 2.79 bits per heavy atom. The van der Waals surface area contributed by atoms with Crippen LogP contribution in [-0.2, 0) is 17.8 Å². The zero-order valence-electron chi connectivity index (χ0n) is 14.2. The summed E-state index contributed by atoms with van der Waals surface area (Å²) in [5.41, 5.74) is 5.10. The van der Waals surface area contributed by atoms with Gasteiger partial charge in [-0.3, -0.25) is 9.48 Å². The van der Waals surface area contributed by atoms with Gasteiger partial charge in [-0.15, -0.1) is 0 Å². The zero-order valence-corrected chi connectivity index (χ0v) is 16.3. The lowest BCUT2D eigenvalue weighted by Crippen LogP contribution is -2.13. The maximum absolute atomic E-state index is 12.2. The van der Waals surface area contributed by atoms with E-state index in [1.165, 1.54) is 5.56 Å². The molecule has 0 atom stereocenters. The number of nitrogens with one attached hydrogen (secondary N) is 1. The molecule has 1 aromatic heterocycles. The van der Waals surface area contributed by atoms with Crippen LogP contribution in [0.1, 0.15) is 35.4 Å². The summed E-state index contributed by atoms with van der Waals surface area (Å²) >= 11 is 2.26. The van der Waals surface area contributed by atoms with Crippen molar-refractivity contribution in [2.24, 2.45) is 0 Å². The number of amides is 1. The van der Waals surface area contributed by atoms with Gasteiger partial charge in [-0.2, -0.15) is 10.4 Å². The molecule has 0 unspecified atom stereocenters. The first kappa shape index (κ1) is 18.5. The predicted octanol–water partition coefficient (Wildman–Crippen LogP) is 3.90. The van der Waals surface area contributed by atoms with Gasteiger partial charge in [0.15, 0.2) is 0 Å². The molecule has 0 saturated heterocycles. The molecule has 0 saturated carbocycles. The number of carbonyl (C=O) groups excluding carboxylic acids is 1. The smallest absolute Gasteiger partial charge is 0.224 e. The van der Waals surface area contributed by atoms with Gasteiger partial charge in [0.25, 0.3) is 0 Å². The molecule has 5 nitrogen and oxygen atoms in total. The van der Waals surface area contributed by atoms with E-state index in [0.717, 1.165) is 26.2 Å². The van der Waals surface area contributed by atoms with Crippen LogP contribution in [-0.4, -0.2) is 15.7 Å². The molecule has 24 heavy (non-hydrogen) atoms. The Bertz CT molecular complexity index is 789. The van der Waals surface area contributed by atoms with Crippen molar-refractivity contribution < 1.29 is 4.79 Å². The van der Waals surface area contributed by atoms with E-state index >= 15 is 0 Å². The maximum Gasteiger partial charge on any atom is 0.224 e. The average Bonchev–Trinajstić information content (AvgIpc) is 2.81. The van der Waals surface area contributed by atoms with Gasteiger partial charge in [0.05, 0.1) is 24.7 Å². The molecule has 1 heterocycles. The van der Waals surface area contributed by atoms with E-state index < -0.39 is 0 Å². The largest absolute Gasteiger partial charge is 0.326 e. The lowest BCUT2D eigenvalue weighted by Gasteiger charge is -2.07. The first-order chi connectivity index (χ1) is 11.4. The number of hydrogen-bond acceptors (Lipinski definition) is 3. The van der Waals surface area contributed by atoms with Crippen molar-refractivity contribution in [1.82, 2.24) is 9.78 Å². The van der Waals surface area contributed by atoms with E-state index in [9.17, 15) is 4.79 Å². The number of hydrogen-bond donors (Lipinski definition) is 1. The molecule has 2 rings (SSSR count). The summed E-state index contributed by atoms with van der Waals surface area (Å²) in [5.74, 6) is -0.00164. The van der Waals surface area contributed by atoms with Gasteiger partial charge >= 0.3 is 0 Å². The second-order valence-electron chi connectivity index (χ2n) is 5.79. The van der Waals surface area contributed by atoms with Crippen molar-refractivity contribution in [2.75, 3.05) is 5.32 Å². The molecule has 0 spiro atoms. The summed E-state index contributed by atoms with van der Waals surface area (Å²) in [5, 5.41) is 16.1. The molecule has 0 aliphatic carbocycles. The lowest BCUT2D eigenvalue weighted by molar-refractivity contribution is -0.116. The van der Waals surface area contributed by atoms with E-state index in [4.69, 9.17) is 5.26 Å². The Kier molecular flexibility index (Phi) is 6.37. The van der Waals surface area contributed by atoms with Gasteiger partial charge in [0.2, 0.25) is 5.91 Å². The molecule has 0 aliphatic heterocycles. The average molecular weight is 436 g/mol. The van der Waals surface area contributed by atoms with E-state index in [0.29, 0.717) is 25.8 Å². The molecule has 1 amide bonds. The molecule has 2 aromatic rings. The summed E-state index contributed by atoms with van der Waals surface area (Å²) < 4.78 is 2.99. The van der Waals surface area contributed by atoms with Gasteiger partial charge in [0.1, 0.15) is 0 Å². The second-order valence-corrected chi connectivity index (χ2v) is 6.95. The Morgan fingerprint density at radius 1 is 1.38 bits per heavy atom. The fourth-order valence-electron chi connectivity index (χ4n) is 2.60. The Labute approximate surface area is 156 Å². The van der Waals surface area contributed by atoms with E-state index in [1.807, 2.05) is 43.7 Å². The van der Waals surface area contributed by atoms with Crippen molar-refractivity contribution in [2.45, 2.75) is 46.6 Å². The summed E-state index contributed by atoms with van der Waals surface area (Å²) in [6.45, 7) is 6.58. The van der Waals surface area contributed by atoms with Crippen molar-refractivity contribution in [3.8, 4) is 6.07 Å². The number of rotatable bonds is 6. The van der Waals surface area contributed by atoms with Crippen molar-refractivity contribution in [3.05, 3.63) is 44.3 Å². The first-order valence-corrected chi connectivity index (χ1v) is 8.96. The molecule has 6 heteroatoms. The Hall–Kier alpha value is -1.88. The third-order valence-electron chi connectivity index (χ3n) is 4.02. The highest BCUT2D eigenvalue weighted by Crippen LogP contribution is 2.19. The number of halogens is 1. The van der Waals surface area contributed by atoms with Crippen LogP contribution in [0.5, 0.6) is 0 Å². The molecular formula is C18H21IN4O. The van der Waals surface area contributed by atoms with Crippen LogP contribution in [0.3, 0.4) is 0 Å². The van der Waals surface area contributed by atoms with E-state index in [-0.39, 0.29) is 5.91 Å². The number of aromatic nitrogens is 2. The second kappa shape index (κ2) is 8.29. The molecular weight excluding hydrogens is 415 g/mol. The minimum Gasteiger partial charge on any atom is -0.326 e. The highest BCUT2D eigenvalue weighted by atomic mass is 127. The van der Waals surface area contributed by atoms with Gasteiger partial charge in [-0.25, -0.2) is 0 Å². The summed E-state index contributed by atoms with van der Waals surface area (Å²) in [6.07, 6.45) is 1.50. The molecule has 0 bridgehead atoms. The number of nitriles is 1. The SMILES string of the molecule is Cc1ccc(NC(=O)CCc2c(C)nn(CCC#N)c2C)cc1I. The Balaban J connectivity index is 1.97. The van der Waals surface area contributed by atoms with Crippen molar-refractivity contribution >= 4 is 34.2 Å². The van der Waals surface area contributed by atoms with Gasteiger partial charge < -0.3 is 5.32 Å². The maximum atomic E-state index is 12.2. The molecule has 1 aromatic carbocycles. The number of nitrogens with zero attached hydrogens (tertiary/aromatic N) is 3.